The lowest BCUT2D eigenvalue weighted by molar-refractivity contribution is 0.248. The van der Waals surface area contributed by atoms with Gasteiger partial charge >= 0.3 is 6.03 Å². The zero-order chi connectivity index (χ0) is 20.7. The van der Waals surface area contributed by atoms with Crippen molar-refractivity contribution in [3.05, 3.63) is 53.7 Å². The van der Waals surface area contributed by atoms with E-state index < -0.39 is 9.84 Å². The molecule has 2 heterocycles. The molecule has 8 nitrogen and oxygen atoms in total. The Labute approximate surface area is 174 Å². The molecule has 30 heavy (non-hydrogen) atoms. The molecule has 1 fully saturated rings. The number of aryl methyl sites for hydroxylation is 1. The predicted molar refractivity (Wildman–Crippen MR) is 117 cm³/mol. The van der Waals surface area contributed by atoms with Crippen LogP contribution in [0.1, 0.15) is 23.6 Å². The van der Waals surface area contributed by atoms with E-state index in [1.54, 1.807) is 6.20 Å². The molecule has 0 spiro atoms. The fourth-order valence-corrected chi connectivity index (χ4v) is 5.52. The number of carbonyl (C=O) groups is 1. The second-order valence-electron chi connectivity index (χ2n) is 7.85. The maximum absolute atomic E-state index is 12.6. The van der Waals surface area contributed by atoms with E-state index in [9.17, 15) is 13.2 Å². The highest BCUT2D eigenvalue weighted by molar-refractivity contribution is 7.91. The molecule has 1 aliphatic heterocycles. The van der Waals surface area contributed by atoms with Crippen molar-refractivity contribution < 1.29 is 13.2 Å². The average Bonchev–Trinajstić information content (AvgIpc) is 3.35. The summed E-state index contributed by atoms with van der Waals surface area (Å²) in [4.78, 5) is 14.7. The van der Waals surface area contributed by atoms with Gasteiger partial charge in [-0.2, -0.15) is 5.10 Å². The van der Waals surface area contributed by atoms with Gasteiger partial charge < -0.3 is 15.5 Å². The topological polar surface area (TPSA) is 107 Å². The highest BCUT2D eigenvalue weighted by Crippen LogP contribution is 2.34. The molecule has 3 N–H and O–H groups in total. The van der Waals surface area contributed by atoms with Gasteiger partial charge in [-0.05, 0) is 48.2 Å². The summed E-state index contributed by atoms with van der Waals surface area (Å²) < 4.78 is 23.3. The van der Waals surface area contributed by atoms with E-state index in [1.165, 1.54) is 5.56 Å². The third kappa shape index (κ3) is 3.60. The van der Waals surface area contributed by atoms with Crippen molar-refractivity contribution in [1.82, 2.24) is 15.5 Å². The lowest BCUT2D eigenvalue weighted by Crippen LogP contribution is -2.40. The molecule has 0 radical (unpaired) electrons. The van der Waals surface area contributed by atoms with Crippen LogP contribution in [-0.4, -0.2) is 49.2 Å². The van der Waals surface area contributed by atoms with Gasteiger partial charge in [-0.1, -0.05) is 12.1 Å². The summed E-state index contributed by atoms with van der Waals surface area (Å²) in [5.41, 5.74) is 4.98. The Balaban J connectivity index is 1.27. The molecular weight excluding hydrogens is 402 g/mol. The minimum atomic E-state index is -2.90. The van der Waals surface area contributed by atoms with Crippen molar-refractivity contribution >= 4 is 38.1 Å². The van der Waals surface area contributed by atoms with Gasteiger partial charge in [-0.3, -0.25) is 5.10 Å². The summed E-state index contributed by atoms with van der Waals surface area (Å²) in [5, 5.41) is 13.8. The number of fused-ring (bicyclic) bond motifs is 2. The van der Waals surface area contributed by atoms with Crippen molar-refractivity contribution in [2.24, 2.45) is 0 Å². The average molecular weight is 426 g/mol. The highest BCUT2D eigenvalue weighted by atomic mass is 32.2. The smallest absolute Gasteiger partial charge is 0.319 e. The van der Waals surface area contributed by atoms with E-state index in [4.69, 9.17) is 0 Å². The maximum atomic E-state index is 12.6. The second-order valence-corrected chi connectivity index (χ2v) is 10.2. The van der Waals surface area contributed by atoms with Crippen molar-refractivity contribution in [2.75, 3.05) is 34.8 Å². The lowest BCUT2D eigenvalue weighted by atomic mass is 10.1. The first kappa shape index (κ1) is 18.9. The molecule has 1 saturated heterocycles. The van der Waals surface area contributed by atoms with Gasteiger partial charge in [-0.15, -0.1) is 0 Å². The van der Waals surface area contributed by atoms with E-state index in [0.29, 0.717) is 18.8 Å². The van der Waals surface area contributed by atoms with Crippen LogP contribution in [0.2, 0.25) is 0 Å². The standard InChI is InChI=1S/C21H23N5O3S/c27-21(23-18-2-1-3-20-17(18)13-22-25-20)24-19-7-4-14-12-15(5-6-16(14)19)26-8-10-30(28,29)11-9-26/h1-3,5-6,12-13,19H,4,7-11H2,(H,22,25)(H2,23,24,27). The number of carbonyl (C=O) groups excluding carboxylic acids is 1. The molecule has 5 rings (SSSR count). The van der Waals surface area contributed by atoms with E-state index in [-0.39, 0.29) is 23.6 Å². The van der Waals surface area contributed by atoms with Gasteiger partial charge in [0, 0.05) is 24.2 Å². The summed E-state index contributed by atoms with van der Waals surface area (Å²) >= 11 is 0. The minimum absolute atomic E-state index is 0.0423. The first-order valence-electron chi connectivity index (χ1n) is 10.1. The Hall–Kier alpha value is -3.07. The van der Waals surface area contributed by atoms with Gasteiger partial charge in [0.25, 0.3) is 0 Å². The van der Waals surface area contributed by atoms with Crippen LogP contribution in [-0.2, 0) is 16.3 Å². The van der Waals surface area contributed by atoms with Gasteiger partial charge in [-0.25, -0.2) is 13.2 Å². The molecule has 2 aliphatic rings. The first-order chi connectivity index (χ1) is 14.5. The van der Waals surface area contributed by atoms with Crippen LogP contribution >= 0.6 is 0 Å². The second kappa shape index (κ2) is 7.32. The number of sulfone groups is 1. The molecule has 2 amide bonds. The number of aromatic nitrogens is 2. The summed E-state index contributed by atoms with van der Waals surface area (Å²) in [6, 6.07) is 11.6. The number of aromatic amines is 1. The van der Waals surface area contributed by atoms with Crippen LogP contribution in [0.3, 0.4) is 0 Å². The largest absolute Gasteiger partial charge is 0.369 e. The molecule has 156 valence electrons. The van der Waals surface area contributed by atoms with Gasteiger partial charge in [0.05, 0.1) is 34.9 Å². The van der Waals surface area contributed by atoms with Gasteiger partial charge in [0.15, 0.2) is 9.84 Å². The van der Waals surface area contributed by atoms with Crippen molar-refractivity contribution in [2.45, 2.75) is 18.9 Å². The number of hydrogen-bond donors (Lipinski definition) is 3. The molecule has 2 aromatic carbocycles. The van der Waals surface area contributed by atoms with Crippen molar-refractivity contribution in [1.29, 1.82) is 0 Å². The van der Waals surface area contributed by atoms with Crippen LogP contribution in [0.15, 0.2) is 42.6 Å². The fourth-order valence-electron chi connectivity index (χ4n) is 4.31. The van der Waals surface area contributed by atoms with Crippen LogP contribution in [0.25, 0.3) is 10.9 Å². The molecule has 1 aliphatic carbocycles. The first-order valence-corrected chi connectivity index (χ1v) is 11.9. The normalized spacial score (nSPS) is 20.1. The van der Waals surface area contributed by atoms with Crippen molar-refractivity contribution in [3.63, 3.8) is 0 Å². The number of H-pyrrole nitrogens is 1. The molecular formula is C21H23N5O3S. The Morgan fingerprint density at radius 2 is 2.00 bits per heavy atom. The van der Waals surface area contributed by atoms with Crippen LogP contribution in [0, 0.1) is 0 Å². The number of urea groups is 1. The van der Waals surface area contributed by atoms with Crippen LogP contribution < -0.4 is 15.5 Å². The Kier molecular flexibility index (Phi) is 4.62. The molecule has 1 unspecified atom stereocenters. The Morgan fingerprint density at radius 1 is 1.17 bits per heavy atom. The number of anilines is 2. The van der Waals surface area contributed by atoms with Gasteiger partial charge in [0.1, 0.15) is 0 Å². The van der Waals surface area contributed by atoms with Crippen LogP contribution in [0.5, 0.6) is 0 Å². The highest BCUT2D eigenvalue weighted by Gasteiger charge is 2.27. The summed E-state index contributed by atoms with van der Waals surface area (Å²) in [6.45, 7) is 1.07. The summed E-state index contributed by atoms with van der Waals surface area (Å²) in [7, 11) is -2.90. The number of rotatable bonds is 3. The molecule has 1 atom stereocenters. The number of nitrogens with zero attached hydrogens (tertiary/aromatic N) is 2. The zero-order valence-corrected chi connectivity index (χ0v) is 17.2. The quantitative estimate of drug-likeness (QED) is 0.598. The number of hydrogen-bond acceptors (Lipinski definition) is 5. The third-order valence-corrected chi connectivity index (χ3v) is 7.56. The molecule has 0 saturated carbocycles. The summed E-state index contributed by atoms with van der Waals surface area (Å²) in [6.07, 6.45) is 3.43. The molecule has 1 aromatic heterocycles. The van der Waals surface area contributed by atoms with E-state index in [0.717, 1.165) is 35.0 Å². The van der Waals surface area contributed by atoms with Gasteiger partial charge in [0.2, 0.25) is 0 Å². The number of benzene rings is 2. The number of amides is 2. The third-order valence-electron chi connectivity index (χ3n) is 5.95. The van der Waals surface area contributed by atoms with E-state index >= 15 is 0 Å². The van der Waals surface area contributed by atoms with E-state index in [2.05, 4.69) is 37.9 Å². The SMILES string of the molecule is O=C(Nc1cccc2[nH]ncc12)NC1CCc2cc(N3CCS(=O)(=O)CC3)ccc21. The maximum Gasteiger partial charge on any atom is 0.319 e. The fraction of sp³-hybridized carbons (Fsp3) is 0.333. The summed E-state index contributed by atoms with van der Waals surface area (Å²) in [5.74, 6) is 0.412. The monoisotopic (exact) mass is 425 g/mol. The van der Waals surface area contributed by atoms with Crippen molar-refractivity contribution in [3.8, 4) is 0 Å². The Bertz CT molecular complexity index is 1210. The van der Waals surface area contributed by atoms with Crippen LogP contribution in [0.4, 0.5) is 16.2 Å². The molecule has 3 aromatic rings. The minimum Gasteiger partial charge on any atom is -0.369 e. The number of nitrogens with one attached hydrogen (secondary N) is 3. The lowest BCUT2D eigenvalue weighted by Gasteiger charge is -2.29. The molecule has 0 bridgehead atoms. The predicted octanol–water partition coefficient (Wildman–Crippen LogP) is 2.61. The molecule has 9 heteroatoms. The zero-order valence-electron chi connectivity index (χ0n) is 16.4. The van der Waals surface area contributed by atoms with E-state index in [1.807, 2.05) is 24.3 Å². The Morgan fingerprint density at radius 3 is 2.83 bits per heavy atom.